The molecule has 0 saturated heterocycles. The van der Waals surface area contributed by atoms with Crippen molar-refractivity contribution >= 4 is 17.7 Å². The van der Waals surface area contributed by atoms with E-state index in [4.69, 9.17) is 9.84 Å². The monoisotopic (exact) mass is 526 g/mol. The highest BCUT2D eigenvalue weighted by Gasteiger charge is 2.36. The molecule has 11 heteroatoms. The number of amides is 1. The minimum absolute atomic E-state index is 0.275. The van der Waals surface area contributed by atoms with Gasteiger partial charge in [-0.25, -0.2) is 28.5 Å². The summed E-state index contributed by atoms with van der Waals surface area (Å²) in [7, 11) is 0. The Balaban J connectivity index is 1.12. The van der Waals surface area contributed by atoms with E-state index in [1.165, 1.54) is 31.3 Å². The van der Waals surface area contributed by atoms with E-state index < -0.39 is 5.60 Å². The van der Waals surface area contributed by atoms with Gasteiger partial charge in [-0.3, -0.25) is 4.90 Å². The number of nitrogens with zero attached hydrogens (tertiary/aromatic N) is 7. The fraction of sp³-hybridized carbons (Fsp3) is 0.321. The van der Waals surface area contributed by atoms with Crippen molar-refractivity contribution in [1.29, 1.82) is 0 Å². The van der Waals surface area contributed by atoms with Crippen LogP contribution < -0.4 is 5.32 Å². The van der Waals surface area contributed by atoms with Crippen LogP contribution in [-0.4, -0.2) is 46.1 Å². The summed E-state index contributed by atoms with van der Waals surface area (Å²) in [6, 6.07) is 8.23. The highest BCUT2D eigenvalue weighted by molar-refractivity contribution is 5.72. The Labute approximate surface area is 224 Å². The molecule has 0 atom stereocenters. The molecule has 1 aliphatic heterocycles. The highest BCUT2D eigenvalue weighted by Crippen LogP contribution is 2.36. The van der Waals surface area contributed by atoms with Gasteiger partial charge in [-0.15, -0.1) is 0 Å². The molecule has 10 nitrogen and oxygen atoms in total. The average Bonchev–Trinajstić information content (AvgIpc) is 3.76. The number of hydrogen-bond donors (Lipinski definition) is 1. The molecule has 1 aromatic carbocycles. The summed E-state index contributed by atoms with van der Waals surface area (Å²) >= 11 is 0. The molecule has 1 amide bonds. The summed E-state index contributed by atoms with van der Waals surface area (Å²) in [6.45, 7) is 5.49. The second-order valence-corrected chi connectivity index (χ2v) is 10.6. The van der Waals surface area contributed by atoms with Crippen LogP contribution in [0.25, 0.3) is 17.1 Å². The molecule has 198 valence electrons. The quantitative estimate of drug-likeness (QED) is 0.342. The maximum absolute atomic E-state index is 13.5. The molecule has 0 unspecified atom stereocenters. The van der Waals surface area contributed by atoms with Gasteiger partial charge in [0.25, 0.3) is 0 Å². The van der Waals surface area contributed by atoms with E-state index in [2.05, 4.69) is 20.4 Å². The van der Waals surface area contributed by atoms with Crippen LogP contribution in [0.2, 0.25) is 0 Å². The fourth-order valence-corrected chi connectivity index (χ4v) is 4.77. The van der Waals surface area contributed by atoms with Gasteiger partial charge in [-0.05, 0) is 69.0 Å². The van der Waals surface area contributed by atoms with Crippen LogP contribution in [0.4, 0.5) is 20.8 Å². The smallest absolute Gasteiger partial charge is 0.411 e. The molecule has 4 aromatic rings. The van der Waals surface area contributed by atoms with Crippen molar-refractivity contribution in [3.8, 4) is 17.1 Å². The Morgan fingerprint density at radius 1 is 1.15 bits per heavy atom. The largest absolute Gasteiger partial charge is 0.435 e. The number of hydrogen-bond acceptors (Lipinski definition) is 7. The summed E-state index contributed by atoms with van der Waals surface area (Å²) in [5, 5.41) is 13.0. The van der Waals surface area contributed by atoms with Crippen LogP contribution in [0.15, 0.2) is 55.0 Å². The van der Waals surface area contributed by atoms with Crippen LogP contribution in [-0.2, 0) is 24.4 Å². The van der Waals surface area contributed by atoms with Gasteiger partial charge in [-0.1, -0.05) is 0 Å². The van der Waals surface area contributed by atoms with E-state index in [0.717, 1.165) is 40.4 Å². The molecular weight excluding hydrogens is 499 g/mol. The van der Waals surface area contributed by atoms with Crippen molar-refractivity contribution in [3.63, 3.8) is 0 Å². The topological polar surface area (TPSA) is 103 Å². The summed E-state index contributed by atoms with van der Waals surface area (Å²) in [4.78, 5) is 22.9. The van der Waals surface area contributed by atoms with Gasteiger partial charge in [-0.2, -0.15) is 10.2 Å². The molecule has 0 bridgehead atoms. The van der Waals surface area contributed by atoms with E-state index in [9.17, 15) is 9.18 Å². The van der Waals surface area contributed by atoms with Gasteiger partial charge in [0.15, 0.2) is 5.82 Å². The third-order valence-electron chi connectivity index (χ3n) is 7.35. The van der Waals surface area contributed by atoms with E-state index in [-0.39, 0.29) is 11.9 Å². The van der Waals surface area contributed by atoms with Crippen LogP contribution in [0.3, 0.4) is 0 Å². The lowest BCUT2D eigenvalue weighted by Crippen LogP contribution is -2.31. The van der Waals surface area contributed by atoms with Crippen molar-refractivity contribution in [2.75, 3.05) is 5.32 Å². The molecule has 0 spiro atoms. The summed E-state index contributed by atoms with van der Waals surface area (Å²) in [5.74, 6) is 2.40. The lowest BCUT2D eigenvalue weighted by molar-refractivity contribution is 0.0686. The Hall–Kier alpha value is -4.54. The minimum atomic E-state index is -0.548. The van der Waals surface area contributed by atoms with Crippen molar-refractivity contribution in [3.05, 3.63) is 77.6 Å². The minimum Gasteiger partial charge on any atom is -0.435 e. The van der Waals surface area contributed by atoms with E-state index in [1.54, 1.807) is 21.7 Å². The number of benzene rings is 1. The number of anilines is 2. The zero-order valence-electron chi connectivity index (χ0n) is 21.6. The number of carbonyl (C=O) groups is 1. The maximum Gasteiger partial charge on any atom is 0.411 e. The molecule has 3 aliphatic rings. The van der Waals surface area contributed by atoms with Crippen molar-refractivity contribution in [2.45, 2.75) is 51.9 Å². The van der Waals surface area contributed by atoms with Gasteiger partial charge >= 0.3 is 6.09 Å². The number of fused-ring (bicyclic) bond motifs is 1. The zero-order chi connectivity index (χ0) is 26.7. The van der Waals surface area contributed by atoms with Gasteiger partial charge in [0.05, 0.1) is 24.5 Å². The highest BCUT2D eigenvalue weighted by atomic mass is 19.1. The summed E-state index contributed by atoms with van der Waals surface area (Å²) in [6.07, 6.45) is 9.12. The molecule has 3 aromatic heterocycles. The second kappa shape index (κ2) is 8.75. The van der Waals surface area contributed by atoms with E-state index in [1.807, 2.05) is 42.9 Å². The molecule has 1 N–H and O–H groups in total. The number of nitrogens with one attached hydrogen (secondary N) is 1. The van der Waals surface area contributed by atoms with Gasteiger partial charge < -0.3 is 10.1 Å². The predicted octanol–water partition coefficient (Wildman–Crippen LogP) is 4.91. The van der Waals surface area contributed by atoms with Crippen molar-refractivity contribution < 1.29 is 13.9 Å². The molecule has 1 fully saturated rings. The number of rotatable bonds is 7. The first-order chi connectivity index (χ1) is 18.8. The van der Waals surface area contributed by atoms with Crippen LogP contribution in [0.5, 0.6) is 0 Å². The summed E-state index contributed by atoms with van der Waals surface area (Å²) < 4.78 is 22.7. The van der Waals surface area contributed by atoms with Crippen LogP contribution >= 0.6 is 0 Å². The molecule has 39 heavy (non-hydrogen) atoms. The van der Waals surface area contributed by atoms with E-state index >= 15 is 0 Å². The van der Waals surface area contributed by atoms with Gasteiger partial charge in [0, 0.05) is 35.5 Å². The number of aromatic nitrogens is 6. The standard InChI is InChI=1S/C28H27FN8O2/c1-17-25(19-5-7-21(29)8-6-19)34-37(12-18-3-4-18)26(17)32-23-11-24(31-16-30-23)36-14-20-13-35(15-22(20)33-36)27(38)39-28(2)9-10-28/h5-11,14,16,18H,3-4,12-13,15H2,1-2H3,(H,30,31,32). The predicted molar refractivity (Wildman–Crippen MR) is 141 cm³/mol. The fourth-order valence-electron chi connectivity index (χ4n) is 4.77. The second-order valence-electron chi connectivity index (χ2n) is 10.6. The molecule has 1 saturated carbocycles. The number of ether oxygens (including phenoxy) is 1. The molecule has 2 aliphatic carbocycles. The van der Waals surface area contributed by atoms with Crippen LogP contribution in [0.1, 0.15) is 36.6 Å². The molecule has 7 rings (SSSR count). The number of carbonyl (C=O) groups excluding carboxylic acids is 1. The first-order valence-corrected chi connectivity index (χ1v) is 13.0. The maximum atomic E-state index is 13.5. The SMILES string of the molecule is Cc1c(-c2ccc(F)cc2)nn(CC2CC2)c1Nc1cc(-n2cc3c(n2)CN(C(=O)OC2(C)C=C2)C3)ncn1. The Kier molecular flexibility index (Phi) is 5.29. The van der Waals surface area contributed by atoms with Crippen molar-refractivity contribution in [2.24, 2.45) is 5.92 Å². The third kappa shape index (κ3) is 4.64. The summed E-state index contributed by atoms with van der Waals surface area (Å²) in [5.41, 5.74) is 3.86. The molecule has 0 radical (unpaired) electrons. The lowest BCUT2D eigenvalue weighted by Gasteiger charge is -2.19. The first kappa shape index (κ1) is 23.6. The molecule has 4 heterocycles. The molecular formula is C28H27FN8O2. The lowest BCUT2D eigenvalue weighted by atomic mass is 10.1. The number of halogens is 1. The van der Waals surface area contributed by atoms with E-state index in [0.29, 0.717) is 30.6 Å². The Morgan fingerprint density at radius 2 is 1.95 bits per heavy atom. The van der Waals surface area contributed by atoms with Gasteiger partial charge in [0.1, 0.15) is 29.4 Å². The Morgan fingerprint density at radius 3 is 2.67 bits per heavy atom. The van der Waals surface area contributed by atoms with Crippen molar-refractivity contribution in [1.82, 2.24) is 34.4 Å². The zero-order valence-corrected chi connectivity index (χ0v) is 21.6. The van der Waals surface area contributed by atoms with Crippen LogP contribution in [0, 0.1) is 18.7 Å². The normalized spacial score (nSPS) is 16.8. The Bertz CT molecular complexity index is 1590. The average molecular weight is 527 g/mol. The van der Waals surface area contributed by atoms with Gasteiger partial charge in [0.2, 0.25) is 0 Å². The first-order valence-electron chi connectivity index (χ1n) is 13.0. The third-order valence-corrected chi connectivity index (χ3v) is 7.35.